The number of ether oxygens (including phenoxy) is 4. The number of hydrazone groups is 1. The summed E-state index contributed by atoms with van der Waals surface area (Å²) in [5.41, 5.74) is 9.23. The van der Waals surface area contributed by atoms with E-state index in [-0.39, 0.29) is 30.3 Å². The van der Waals surface area contributed by atoms with Gasteiger partial charge in [0.1, 0.15) is 0 Å². The van der Waals surface area contributed by atoms with Gasteiger partial charge >= 0.3 is 18.0 Å². The lowest BCUT2D eigenvalue weighted by Crippen LogP contribution is -2.45. The average molecular weight is 756 g/mol. The topological polar surface area (TPSA) is 159 Å². The Morgan fingerprint density at radius 2 is 1.48 bits per heavy atom. The summed E-state index contributed by atoms with van der Waals surface area (Å²) in [6.07, 6.45) is 1.58. The predicted octanol–water partition coefficient (Wildman–Crippen LogP) is 6.72. The Morgan fingerprint density at radius 1 is 0.821 bits per heavy atom. The maximum Gasteiger partial charge on any atom is 0.338 e. The van der Waals surface area contributed by atoms with Crippen LogP contribution in [0.15, 0.2) is 126 Å². The number of nitrogens with zero attached hydrogens (tertiary/aromatic N) is 2. The molecule has 1 atom stereocenters. The molecule has 4 aromatic carbocycles. The second kappa shape index (κ2) is 17.8. The summed E-state index contributed by atoms with van der Waals surface area (Å²) in [6, 6.07) is 32.5. The fraction of sp³-hybridized carbons (Fsp3) is 0.186. The van der Waals surface area contributed by atoms with Crippen LogP contribution in [-0.2, 0) is 19.1 Å². The molecule has 0 radical (unpaired) electrons. The number of urea groups is 1. The van der Waals surface area contributed by atoms with Crippen LogP contribution in [0.3, 0.4) is 0 Å². The molecule has 0 fully saturated rings. The van der Waals surface area contributed by atoms with E-state index in [1.807, 2.05) is 78.9 Å². The first-order valence-electron chi connectivity index (χ1n) is 17.9. The Bertz CT molecular complexity index is 2280. The zero-order valence-corrected chi connectivity index (χ0v) is 31.3. The minimum atomic E-state index is -0.801. The van der Waals surface area contributed by atoms with Gasteiger partial charge in [0.15, 0.2) is 18.1 Å². The Balaban J connectivity index is 1.24. The van der Waals surface area contributed by atoms with Crippen molar-refractivity contribution in [2.75, 3.05) is 26.9 Å². The summed E-state index contributed by atoms with van der Waals surface area (Å²) in [5.74, 6) is -0.943. The van der Waals surface area contributed by atoms with Crippen molar-refractivity contribution in [3.05, 3.63) is 137 Å². The molecule has 1 aliphatic heterocycles. The van der Waals surface area contributed by atoms with Gasteiger partial charge in [0.05, 0.1) is 55.1 Å². The highest BCUT2D eigenvalue weighted by Gasteiger charge is 2.32. The number of benzene rings is 4. The van der Waals surface area contributed by atoms with Gasteiger partial charge in [-0.3, -0.25) is 4.79 Å². The van der Waals surface area contributed by atoms with Gasteiger partial charge in [-0.15, -0.1) is 0 Å². The highest BCUT2D eigenvalue weighted by atomic mass is 16.5. The van der Waals surface area contributed by atoms with Gasteiger partial charge in [-0.1, -0.05) is 66.7 Å². The zero-order valence-electron chi connectivity index (χ0n) is 31.3. The van der Waals surface area contributed by atoms with Crippen LogP contribution in [0.5, 0.6) is 11.5 Å². The standard InChI is InChI=1S/C43H41N5O8/c1-5-54-41(50)30-17-20-33(21-18-30)48-34(28-13-9-7-10-14-28)23-32(40(48)29-15-11-8-12-16-29)25-44-47-37(49)26-56-35-22-19-31(24-36(35)53-4)39-38(42(51)55-6-2)27(3)45-43(52)46-39/h7-25,39H,5-6,26H2,1-4H3,(H,47,49)(H2,45,46,52)/b44-25+/t39-/m1/s1. The monoisotopic (exact) mass is 755 g/mol. The third-order valence-corrected chi connectivity index (χ3v) is 8.82. The number of methoxy groups -OCH3 is 1. The number of esters is 2. The van der Waals surface area contributed by atoms with Crippen molar-refractivity contribution in [1.82, 2.24) is 20.6 Å². The van der Waals surface area contributed by atoms with Crippen LogP contribution in [-0.4, -0.2) is 61.6 Å². The summed E-state index contributed by atoms with van der Waals surface area (Å²) < 4.78 is 23.9. The number of allylic oxidation sites excluding steroid dienone is 1. The first-order chi connectivity index (χ1) is 27.2. The predicted molar refractivity (Wildman–Crippen MR) is 211 cm³/mol. The summed E-state index contributed by atoms with van der Waals surface area (Å²) in [7, 11) is 1.44. The molecule has 0 spiro atoms. The molecule has 5 aromatic rings. The van der Waals surface area contributed by atoms with Crippen molar-refractivity contribution in [3.63, 3.8) is 0 Å². The molecule has 286 valence electrons. The van der Waals surface area contributed by atoms with E-state index in [1.54, 1.807) is 57.3 Å². The molecule has 3 amide bonds. The van der Waals surface area contributed by atoms with E-state index < -0.39 is 36.5 Å². The van der Waals surface area contributed by atoms with Crippen LogP contribution < -0.4 is 25.5 Å². The third kappa shape index (κ3) is 8.63. The Morgan fingerprint density at radius 3 is 2.14 bits per heavy atom. The number of aromatic nitrogens is 1. The molecular formula is C43H41N5O8. The molecule has 2 heterocycles. The van der Waals surface area contributed by atoms with Gasteiger partial charge in [0.25, 0.3) is 5.91 Å². The molecule has 0 saturated heterocycles. The first kappa shape index (κ1) is 38.6. The van der Waals surface area contributed by atoms with Crippen LogP contribution >= 0.6 is 0 Å². The molecule has 0 saturated carbocycles. The maximum absolute atomic E-state index is 13.0. The van der Waals surface area contributed by atoms with Gasteiger partial charge in [-0.2, -0.15) is 5.10 Å². The van der Waals surface area contributed by atoms with E-state index >= 15 is 0 Å². The fourth-order valence-corrected chi connectivity index (χ4v) is 6.33. The van der Waals surface area contributed by atoms with Crippen molar-refractivity contribution in [1.29, 1.82) is 0 Å². The van der Waals surface area contributed by atoms with Crippen molar-refractivity contribution >= 4 is 30.1 Å². The van der Waals surface area contributed by atoms with Crippen LogP contribution in [0.4, 0.5) is 4.79 Å². The number of amides is 3. The van der Waals surface area contributed by atoms with Gasteiger partial charge in [0, 0.05) is 16.9 Å². The fourth-order valence-electron chi connectivity index (χ4n) is 6.33. The van der Waals surface area contributed by atoms with Crippen molar-refractivity contribution in [2.24, 2.45) is 5.10 Å². The number of carbonyl (C=O) groups excluding carboxylic acids is 4. The molecule has 0 aliphatic carbocycles. The van der Waals surface area contributed by atoms with Crippen LogP contribution in [0.2, 0.25) is 0 Å². The number of hydrogen-bond donors (Lipinski definition) is 3. The summed E-state index contributed by atoms with van der Waals surface area (Å²) in [6.45, 7) is 5.15. The molecule has 56 heavy (non-hydrogen) atoms. The van der Waals surface area contributed by atoms with Crippen molar-refractivity contribution < 1.29 is 38.1 Å². The number of nitrogens with one attached hydrogen (secondary N) is 3. The molecule has 6 rings (SSSR count). The van der Waals surface area contributed by atoms with E-state index in [1.165, 1.54) is 7.11 Å². The summed E-state index contributed by atoms with van der Waals surface area (Å²) >= 11 is 0. The molecular weight excluding hydrogens is 714 g/mol. The normalized spacial score (nSPS) is 13.8. The highest BCUT2D eigenvalue weighted by molar-refractivity contribution is 5.96. The van der Waals surface area contributed by atoms with E-state index in [4.69, 9.17) is 18.9 Å². The zero-order chi connectivity index (χ0) is 39.6. The minimum Gasteiger partial charge on any atom is -0.493 e. The summed E-state index contributed by atoms with van der Waals surface area (Å²) in [4.78, 5) is 50.5. The van der Waals surface area contributed by atoms with E-state index in [2.05, 4.69) is 25.7 Å². The molecule has 0 unspecified atom stereocenters. The number of hydrogen-bond acceptors (Lipinski definition) is 9. The van der Waals surface area contributed by atoms with Crippen molar-refractivity contribution in [2.45, 2.75) is 26.8 Å². The molecule has 13 heteroatoms. The average Bonchev–Trinajstić information content (AvgIpc) is 3.60. The van der Waals surface area contributed by atoms with Crippen LogP contribution in [0.1, 0.15) is 48.3 Å². The SMILES string of the molecule is CCOC(=O)C1=C(C)NC(=O)N[C@@H]1c1ccc(OCC(=O)N/N=C/c2cc(-c3ccccc3)n(-c3ccc(C(=O)OCC)cc3)c2-c2ccccc2)c(OC)c1. The van der Waals surface area contributed by atoms with Gasteiger partial charge < -0.3 is 34.1 Å². The maximum atomic E-state index is 13.0. The lowest BCUT2D eigenvalue weighted by atomic mass is 9.95. The van der Waals surface area contributed by atoms with Crippen LogP contribution in [0.25, 0.3) is 28.2 Å². The highest BCUT2D eigenvalue weighted by Crippen LogP contribution is 2.37. The molecule has 1 aliphatic rings. The van der Waals surface area contributed by atoms with Gasteiger partial charge in [0.2, 0.25) is 0 Å². The van der Waals surface area contributed by atoms with E-state index in [9.17, 15) is 19.2 Å². The molecule has 0 bridgehead atoms. The van der Waals surface area contributed by atoms with E-state index in [0.717, 1.165) is 33.8 Å². The Kier molecular flexibility index (Phi) is 12.2. The van der Waals surface area contributed by atoms with Crippen LogP contribution in [0, 0.1) is 0 Å². The van der Waals surface area contributed by atoms with Gasteiger partial charge in [-0.25, -0.2) is 19.8 Å². The second-order valence-corrected chi connectivity index (χ2v) is 12.5. The molecule has 13 nitrogen and oxygen atoms in total. The second-order valence-electron chi connectivity index (χ2n) is 12.5. The minimum absolute atomic E-state index is 0.169. The Hall–Kier alpha value is -7.15. The summed E-state index contributed by atoms with van der Waals surface area (Å²) in [5, 5.41) is 9.67. The third-order valence-electron chi connectivity index (χ3n) is 8.82. The van der Waals surface area contributed by atoms with E-state index in [0.29, 0.717) is 16.8 Å². The first-order valence-corrected chi connectivity index (χ1v) is 17.9. The van der Waals surface area contributed by atoms with Gasteiger partial charge in [-0.05, 0) is 79.9 Å². The molecule has 1 aromatic heterocycles. The number of rotatable bonds is 14. The molecule has 3 N–H and O–H groups in total. The smallest absolute Gasteiger partial charge is 0.338 e. The quantitative estimate of drug-likeness (QED) is 0.0641. The lowest BCUT2D eigenvalue weighted by molar-refractivity contribution is -0.139. The lowest BCUT2D eigenvalue weighted by Gasteiger charge is -2.28. The number of carbonyl (C=O) groups is 4. The largest absolute Gasteiger partial charge is 0.493 e. The van der Waals surface area contributed by atoms with Crippen molar-refractivity contribution in [3.8, 4) is 39.7 Å². The Labute approximate surface area is 323 Å².